The lowest BCUT2D eigenvalue weighted by Crippen LogP contribution is -2.36. The van der Waals surface area contributed by atoms with E-state index in [4.69, 9.17) is 5.73 Å². The zero-order valence-corrected chi connectivity index (χ0v) is 11.1. The number of hydrogen-bond donors (Lipinski definition) is 1. The van der Waals surface area contributed by atoms with Crippen LogP contribution in [0.4, 0.5) is 8.78 Å². The van der Waals surface area contributed by atoms with Crippen molar-refractivity contribution in [3.8, 4) is 0 Å². The Kier molecular flexibility index (Phi) is 3.67. The van der Waals surface area contributed by atoms with E-state index in [1.54, 1.807) is 0 Å². The Balaban J connectivity index is 2.33. The van der Waals surface area contributed by atoms with Gasteiger partial charge in [-0.2, -0.15) is 0 Å². The van der Waals surface area contributed by atoms with Gasteiger partial charge in [0.1, 0.15) is 11.6 Å². The first-order valence-corrected chi connectivity index (χ1v) is 6.19. The number of hydrogen-bond acceptors (Lipinski definition) is 1. The molecule has 100 valence electrons. The van der Waals surface area contributed by atoms with Crippen LogP contribution in [0.5, 0.6) is 0 Å². The highest BCUT2D eigenvalue weighted by Gasteiger charge is 2.24. The number of aryl methyl sites for hydroxylation is 1. The van der Waals surface area contributed by atoms with Crippen molar-refractivity contribution in [2.75, 3.05) is 0 Å². The van der Waals surface area contributed by atoms with Gasteiger partial charge in [0.15, 0.2) is 0 Å². The van der Waals surface area contributed by atoms with E-state index in [2.05, 4.69) is 0 Å². The third kappa shape index (κ3) is 2.99. The lowest BCUT2D eigenvalue weighted by Gasteiger charge is -2.27. The van der Waals surface area contributed by atoms with E-state index in [0.29, 0.717) is 12.0 Å². The molecule has 19 heavy (non-hydrogen) atoms. The van der Waals surface area contributed by atoms with Crippen molar-refractivity contribution >= 4 is 0 Å². The first kappa shape index (κ1) is 13.7. The molecular formula is C16H17F2N. The number of halogens is 2. The molecular weight excluding hydrogens is 244 g/mol. The first-order valence-electron chi connectivity index (χ1n) is 6.19. The lowest BCUT2D eigenvalue weighted by atomic mass is 9.84. The standard InChI is InChI=1S/C16H17F2N/c1-11-5-3-4-6-14(11)16(2,19)10-12-7-8-13(17)9-15(12)18/h3-9H,10,19H2,1-2H3. The molecule has 0 aromatic heterocycles. The van der Waals surface area contributed by atoms with Crippen molar-refractivity contribution in [3.05, 3.63) is 70.8 Å². The Hall–Kier alpha value is -1.74. The monoisotopic (exact) mass is 261 g/mol. The summed E-state index contributed by atoms with van der Waals surface area (Å²) in [4.78, 5) is 0. The van der Waals surface area contributed by atoms with Gasteiger partial charge in [-0.05, 0) is 43.0 Å². The van der Waals surface area contributed by atoms with Crippen LogP contribution in [0.2, 0.25) is 0 Å². The molecule has 3 heteroatoms. The molecule has 2 rings (SSSR count). The molecule has 0 saturated heterocycles. The van der Waals surface area contributed by atoms with Crippen LogP contribution in [-0.4, -0.2) is 0 Å². The van der Waals surface area contributed by atoms with Crippen LogP contribution in [0.3, 0.4) is 0 Å². The Bertz CT molecular complexity index is 591. The second kappa shape index (κ2) is 5.10. The van der Waals surface area contributed by atoms with Crippen molar-refractivity contribution in [2.45, 2.75) is 25.8 Å². The van der Waals surface area contributed by atoms with Crippen molar-refractivity contribution in [2.24, 2.45) is 5.73 Å². The highest BCUT2D eigenvalue weighted by atomic mass is 19.1. The quantitative estimate of drug-likeness (QED) is 0.896. The number of nitrogens with two attached hydrogens (primary N) is 1. The zero-order valence-electron chi connectivity index (χ0n) is 11.1. The van der Waals surface area contributed by atoms with E-state index in [9.17, 15) is 8.78 Å². The van der Waals surface area contributed by atoms with Gasteiger partial charge in [0.05, 0.1) is 0 Å². The maximum Gasteiger partial charge on any atom is 0.129 e. The molecule has 0 aliphatic carbocycles. The largest absolute Gasteiger partial charge is 0.321 e. The van der Waals surface area contributed by atoms with Gasteiger partial charge in [-0.3, -0.25) is 0 Å². The van der Waals surface area contributed by atoms with E-state index < -0.39 is 17.2 Å². The van der Waals surface area contributed by atoms with E-state index in [1.165, 1.54) is 12.1 Å². The van der Waals surface area contributed by atoms with E-state index in [-0.39, 0.29) is 0 Å². The molecule has 0 bridgehead atoms. The summed E-state index contributed by atoms with van der Waals surface area (Å²) in [5, 5.41) is 0. The SMILES string of the molecule is Cc1ccccc1C(C)(N)Cc1ccc(F)cc1F. The summed E-state index contributed by atoms with van der Waals surface area (Å²) in [5.41, 5.74) is 8.09. The minimum Gasteiger partial charge on any atom is -0.321 e. The normalized spacial score (nSPS) is 14.2. The Morgan fingerprint density at radius 3 is 2.42 bits per heavy atom. The molecule has 1 unspecified atom stereocenters. The third-order valence-electron chi connectivity index (χ3n) is 3.33. The Morgan fingerprint density at radius 1 is 1.11 bits per heavy atom. The first-order chi connectivity index (χ1) is 8.90. The van der Waals surface area contributed by atoms with Gasteiger partial charge in [0, 0.05) is 11.6 Å². The molecule has 1 atom stereocenters. The summed E-state index contributed by atoms with van der Waals surface area (Å²) in [6.07, 6.45) is 0.323. The van der Waals surface area contributed by atoms with Gasteiger partial charge in [-0.25, -0.2) is 8.78 Å². The van der Waals surface area contributed by atoms with Crippen LogP contribution in [0.25, 0.3) is 0 Å². The summed E-state index contributed by atoms with van der Waals surface area (Å²) in [6.45, 7) is 3.83. The number of rotatable bonds is 3. The van der Waals surface area contributed by atoms with Gasteiger partial charge in [-0.15, -0.1) is 0 Å². The van der Waals surface area contributed by atoms with Crippen LogP contribution in [0.15, 0.2) is 42.5 Å². The minimum absolute atomic E-state index is 0.323. The summed E-state index contributed by atoms with van der Waals surface area (Å²) < 4.78 is 26.6. The fraction of sp³-hybridized carbons (Fsp3) is 0.250. The van der Waals surface area contributed by atoms with Gasteiger partial charge in [0.2, 0.25) is 0 Å². The minimum atomic E-state index is -0.690. The highest BCUT2D eigenvalue weighted by molar-refractivity contribution is 5.34. The molecule has 0 aliphatic heterocycles. The fourth-order valence-electron chi connectivity index (χ4n) is 2.37. The second-order valence-corrected chi connectivity index (χ2v) is 5.14. The van der Waals surface area contributed by atoms with E-state index in [1.807, 2.05) is 38.1 Å². The summed E-state index contributed by atoms with van der Waals surface area (Å²) in [5.74, 6) is -1.12. The third-order valence-corrected chi connectivity index (χ3v) is 3.33. The van der Waals surface area contributed by atoms with Crippen LogP contribution >= 0.6 is 0 Å². The molecule has 0 radical (unpaired) electrons. The van der Waals surface area contributed by atoms with Crippen LogP contribution < -0.4 is 5.73 Å². The van der Waals surface area contributed by atoms with Crippen LogP contribution in [0.1, 0.15) is 23.6 Å². The topological polar surface area (TPSA) is 26.0 Å². The predicted octanol–water partition coefficient (Wildman–Crippen LogP) is 3.69. The molecule has 1 nitrogen and oxygen atoms in total. The average Bonchev–Trinajstić information content (AvgIpc) is 2.33. The second-order valence-electron chi connectivity index (χ2n) is 5.14. The van der Waals surface area contributed by atoms with E-state index in [0.717, 1.165) is 17.2 Å². The molecule has 2 N–H and O–H groups in total. The lowest BCUT2D eigenvalue weighted by molar-refractivity contribution is 0.470. The number of benzene rings is 2. The Labute approximate surface area is 112 Å². The van der Waals surface area contributed by atoms with Gasteiger partial charge < -0.3 is 5.73 Å². The van der Waals surface area contributed by atoms with Crippen LogP contribution in [-0.2, 0) is 12.0 Å². The molecule has 0 amide bonds. The zero-order chi connectivity index (χ0) is 14.0. The average molecular weight is 261 g/mol. The fourth-order valence-corrected chi connectivity index (χ4v) is 2.37. The van der Waals surface area contributed by atoms with Crippen LogP contribution in [0, 0.1) is 18.6 Å². The molecule has 2 aromatic carbocycles. The molecule has 0 spiro atoms. The predicted molar refractivity (Wildman–Crippen MR) is 72.8 cm³/mol. The van der Waals surface area contributed by atoms with Gasteiger partial charge in [-0.1, -0.05) is 30.3 Å². The summed E-state index contributed by atoms with van der Waals surface area (Å²) >= 11 is 0. The Morgan fingerprint density at radius 2 is 1.79 bits per heavy atom. The summed E-state index contributed by atoms with van der Waals surface area (Å²) in [6, 6.07) is 11.4. The van der Waals surface area contributed by atoms with Crippen molar-refractivity contribution in [1.29, 1.82) is 0 Å². The maximum atomic E-state index is 13.7. The molecule has 0 fully saturated rings. The molecule has 2 aromatic rings. The molecule has 0 heterocycles. The summed E-state index contributed by atoms with van der Waals surface area (Å²) in [7, 11) is 0. The highest BCUT2D eigenvalue weighted by Crippen LogP contribution is 2.26. The molecule has 0 saturated carbocycles. The van der Waals surface area contributed by atoms with Gasteiger partial charge >= 0.3 is 0 Å². The molecule has 0 aliphatic rings. The van der Waals surface area contributed by atoms with Crippen molar-refractivity contribution in [1.82, 2.24) is 0 Å². The smallest absolute Gasteiger partial charge is 0.129 e. The van der Waals surface area contributed by atoms with Gasteiger partial charge in [0.25, 0.3) is 0 Å². The maximum absolute atomic E-state index is 13.7. The van der Waals surface area contributed by atoms with E-state index >= 15 is 0 Å². The van der Waals surface area contributed by atoms with Crippen molar-refractivity contribution in [3.63, 3.8) is 0 Å². The van der Waals surface area contributed by atoms with Crippen molar-refractivity contribution < 1.29 is 8.78 Å².